The quantitative estimate of drug-likeness (QED) is 0.892. The molecule has 0 aliphatic carbocycles. The van der Waals surface area contributed by atoms with Crippen molar-refractivity contribution in [3.05, 3.63) is 24.3 Å². The van der Waals surface area contributed by atoms with Gasteiger partial charge in [-0.05, 0) is 19.1 Å². The average molecular weight is 262 g/mol. The second-order valence-electron chi connectivity index (χ2n) is 4.24. The van der Waals surface area contributed by atoms with Gasteiger partial charge >= 0.3 is 5.97 Å². The van der Waals surface area contributed by atoms with Crippen LogP contribution in [0.15, 0.2) is 29.4 Å². The third-order valence-electron chi connectivity index (χ3n) is 2.95. The van der Waals surface area contributed by atoms with Gasteiger partial charge in [-0.2, -0.15) is 5.10 Å². The van der Waals surface area contributed by atoms with Gasteiger partial charge in [0.1, 0.15) is 5.75 Å². The summed E-state index contributed by atoms with van der Waals surface area (Å²) in [5.41, 5.74) is 1.08. The molecule has 1 N–H and O–H groups in total. The summed E-state index contributed by atoms with van der Waals surface area (Å²) in [5.74, 6) is -1.42. The van der Waals surface area contributed by atoms with Crippen LogP contribution in [0.25, 0.3) is 0 Å². The molecule has 2 rings (SSSR count). The number of amides is 1. The monoisotopic (exact) mass is 262 g/mol. The van der Waals surface area contributed by atoms with Crippen molar-refractivity contribution in [3.8, 4) is 5.75 Å². The number of hydrogen-bond donors (Lipinski definition) is 1. The fourth-order valence-corrected chi connectivity index (χ4v) is 1.94. The predicted molar refractivity (Wildman–Crippen MR) is 69.3 cm³/mol. The summed E-state index contributed by atoms with van der Waals surface area (Å²) in [4.78, 5) is 22.9. The van der Waals surface area contributed by atoms with Crippen LogP contribution in [-0.2, 0) is 9.59 Å². The van der Waals surface area contributed by atoms with Crippen LogP contribution >= 0.6 is 0 Å². The fourth-order valence-electron chi connectivity index (χ4n) is 1.94. The zero-order chi connectivity index (χ0) is 14.0. The molecule has 0 bridgehead atoms. The van der Waals surface area contributed by atoms with Crippen molar-refractivity contribution in [2.75, 3.05) is 12.1 Å². The van der Waals surface area contributed by atoms with Crippen molar-refractivity contribution >= 4 is 23.3 Å². The summed E-state index contributed by atoms with van der Waals surface area (Å²) < 4.78 is 5.09. The summed E-state index contributed by atoms with van der Waals surface area (Å²) in [7, 11) is 1.53. The molecule has 0 fully saturated rings. The van der Waals surface area contributed by atoms with E-state index in [9.17, 15) is 9.59 Å². The Morgan fingerprint density at radius 3 is 2.89 bits per heavy atom. The molecule has 1 unspecified atom stereocenters. The molecule has 19 heavy (non-hydrogen) atoms. The Balaban J connectivity index is 2.27. The number of anilines is 1. The van der Waals surface area contributed by atoms with Crippen LogP contribution in [0.4, 0.5) is 5.69 Å². The highest BCUT2D eigenvalue weighted by molar-refractivity contribution is 6.16. The van der Waals surface area contributed by atoms with E-state index in [1.165, 1.54) is 12.1 Å². The van der Waals surface area contributed by atoms with Gasteiger partial charge in [-0.25, -0.2) is 5.01 Å². The highest BCUT2D eigenvalue weighted by Gasteiger charge is 2.35. The van der Waals surface area contributed by atoms with Crippen LogP contribution in [0.2, 0.25) is 0 Å². The van der Waals surface area contributed by atoms with Gasteiger partial charge in [-0.15, -0.1) is 0 Å². The molecular weight excluding hydrogens is 248 g/mol. The first kappa shape index (κ1) is 13.1. The number of carbonyl (C=O) groups excluding carboxylic acids is 1. The molecule has 1 atom stereocenters. The third kappa shape index (κ3) is 2.57. The Hall–Kier alpha value is -2.37. The Kier molecular flexibility index (Phi) is 3.50. The minimum absolute atomic E-state index is 0.241. The molecule has 1 aromatic rings. The first-order valence-electron chi connectivity index (χ1n) is 5.78. The van der Waals surface area contributed by atoms with Gasteiger partial charge in [0, 0.05) is 11.8 Å². The summed E-state index contributed by atoms with van der Waals surface area (Å²) in [6, 6.07) is 6.91. The maximum absolute atomic E-state index is 12.2. The van der Waals surface area contributed by atoms with E-state index in [0.29, 0.717) is 17.1 Å². The van der Waals surface area contributed by atoms with Crippen molar-refractivity contribution in [1.29, 1.82) is 0 Å². The first-order valence-corrected chi connectivity index (χ1v) is 5.78. The number of aliphatic carboxylic acids is 1. The van der Waals surface area contributed by atoms with Crippen LogP contribution in [0.1, 0.15) is 13.3 Å². The smallest absolute Gasteiger partial charge is 0.304 e. The second kappa shape index (κ2) is 5.09. The van der Waals surface area contributed by atoms with Crippen LogP contribution in [0.3, 0.4) is 0 Å². The minimum atomic E-state index is -1.01. The van der Waals surface area contributed by atoms with E-state index in [-0.39, 0.29) is 12.3 Å². The number of hydrazone groups is 1. The Bertz CT molecular complexity index is 553. The zero-order valence-corrected chi connectivity index (χ0v) is 10.7. The molecular formula is C13H14N2O4. The van der Waals surface area contributed by atoms with E-state index in [1.807, 2.05) is 0 Å². The molecule has 1 aromatic carbocycles. The number of hydrogen-bond acceptors (Lipinski definition) is 4. The minimum Gasteiger partial charge on any atom is -0.497 e. The van der Waals surface area contributed by atoms with E-state index in [2.05, 4.69) is 5.10 Å². The molecule has 1 heterocycles. The lowest BCUT2D eigenvalue weighted by Gasteiger charge is -2.14. The van der Waals surface area contributed by atoms with Crippen LogP contribution in [-0.4, -0.2) is 29.8 Å². The van der Waals surface area contributed by atoms with Gasteiger partial charge in [0.2, 0.25) is 0 Å². The van der Waals surface area contributed by atoms with Crippen LogP contribution in [0.5, 0.6) is 5.75 Å². The summed E-state index contributed by atoms with van der Waals surface area (Å²) in [5, 5.41) is 14.2. The van der Waals surface area contributed by atoms with E-state index in [0.717, 1.165) is 0 Å². The van der Waals surface area contributed by atoms with E-state index >= 15 is 0 Å². The highest BCUT2D eigenvalue weighted by atomic mass is 16.5. The highest BCUT2D eigenvalue weighted by Crippen LogP contribution is 2.28. The SMILES string of the molecule is COc1cccc(N2N=C(C)C(CC(=O)O)C2=O)c1. The number of methoxy groups -OCH3 is 1. The van der Waals surface area contributed by atoms with Gasteiger partial charge in [0.15, 0.2) is 0 Å². The lowest BCUT2D eigenvalue weighted by Crippen LogP contribution is -2.28. The standard InChI is InChI=1S/C13H14N2O4/c1-8-11(7-12(16)17)13(18)15(14-8)9-4-3-5-10(6-9)19-2/h3-6,11H,7H2,1-2H3,(H,16,17). The van der Waals surface area contributed by atoms with Gasteiger partial charge in [0.05, 0.1) is 25.1 Å². The topological polar surface area (TPSA) is 79.2 Å². The van der Waals surface area contributed by atoms with Crippen molar-refractivity contribution in [3.63, 3.8) is 0 Å². The predicted octanol–water partition coefficient (Wildman–Crippen LogP) is 1.51. The number of carboxylic acids is 1. The lowest BCUT2D eigenvalue weighted by atomic mass is 10.0. The maximum Gasteiger partial charge on any atom is 0.304 e. The van der Waals surface area contributed by atoms with Crippen LogP contribution in [0, 0.1) is 5.92 Å². The van der Waals surface area contributed by atoms with Gasteiger partial charge in [-0.1, -0.05) is 6.07 Å². The van der Waals surface area contributed by atoms with Crippen molar-refractivity contribution in [2.45, 2.75) is 13.3 Å². The fraction of sp³-hybridized carbons (Fsp3) is 0.308. The summed E-state index contributed by atoms with van der Waals surface area (Å²) >= 11 is 0. The molecule has 0 saturated heterocycles. The van der Waals surface area contributed by atoms with Crippen molar-refractivity contribution in [1.82, 2.24) is 0 Å². The average Bonchev–Trinajstić information content (AvgIpc) is 2.66. The Labute approximate surface area is 110 Å². The van der Waals surface area contributed by atoms with Crippen molar-refractivity contribution < 1.29 is 19.4 Å². The molecule has 0 saturated carbocycles. The third-order valence-corrected chi connectivity index (χ3v) is 2.95. The zero-order valence-electron chi connectivity index (χ0n) is 10.7. The van der Waals surface area contributed by atoms with E-state index in [1.54, 1.807) is 31.2 Å². The number of ether oxygens (including phenoxy) is 1. The Morgan fingerprint density at radius 1 is 1.53 bits per heavy atom. The molecule has 0 aromatic heterocycles. The molecule has 0 radical (unpaired) electrons. The number of nitrogens with zero attached hydrogens (tertiary/aromatic N) is 2. The molecule has 1 amide bonds. The lowest BCUT2D eigenvalue weighted by molar-refractivity contribution is -0.139. The molecule has 1 aliphatic heterocycles. The maximum atomic E-state index is 12.2. The molecule has 100 valence electrons. The number of carboxylic acid groups (broad SMARTS) is 1. The normalized spacial score (nSPS) is 18.4. The van der Waals surface area contributed by atoms with Gasteiger partial charge < -0.3 is 9.84 Å². The van der Waals surface area contributed by atoms with E-state index < -0.39 is 11.9 Å². The largest absolute Gasteiger partial charge is 0.497 e. The number of carbonyl (C=O) groups is 2. The van der Waals surface area contributed by atoms with Gasteiger partial charge in [-0.3, -0.25) is 9.59 Å². The molecule has 0 spiro atoms. The number of benzene rings is 1. The summed E-state index contributed by atoms with van der Waals surface area (Å²) in [6.45, 7) is 1.66. The number of rotatable bonds is 4. The molecule has 6 heteroatoms. The van der Waals surface area contributed by atoms with Crippen LogP contribution < -0.4 is 9.75 Å². The van der Waals surface area contributed by atoms with Crippen molar-refractivity contribution in [2.24, 2.45) is 11.0 Å². The summed E-state index contributed by atoms with van der Waals surface area (Å²) in [6.07, 6.45) is -0.241. The molecule has 6 nitrogen and oxygen atoms in total. The molecule has 1 aliphatic rings. The Morgan fingerprint density at radius 2 is 2.26 bits per heavy atom. The van der Waals surface area contributed by atoms with Gasteiger partial charge in [0.25, 0.3) is 5.91 Å². The second-order valence-corrected chi connectivity index (χ2v) is 4.24. The van der Waals surface area contributed by atoms with E-state index in [4.69, 9.17) is 9.84 Å². The first-order chi connectivity index (χ1) is 9.02.